The maximum atomic E-state index is 12.2. The highest BCUT2D eigenvalue weighted by molar-refractivity contribution is 8.26. The number of carbonyl (C=O) groups is 1. The number of thiocarbonyl (C=S) groups is 1. The molecule has 1 saturated heterocycles. The van der Waals surface area contributed by atoms with E-state index >= 15 is 0 Å². The summed E-state index contributed by atoms with van der Waals surface area (Å²) in [5.41, 5.74) is 0.907. The molecule has 1 heterocycles. The summed E-state index contributed by atoms with van der Waals surface area (Å²) < 4.78 is 6.02. The van der Waals surface area contributed by atoms with Gasteiger partial charge < -0.3 is 4.74 Å². The van der Waals surface area contributed by atoms with Crippen molar-refractivity contribution in [3.8, 4) is 5.75 Å². The summed E-state index contributed by atoms with van der Waals surface area (Å²) in [6, 6.07) is 12.0. The first-order valence-corrected chi connectivity index (χ1v) is 7.61. The van der Waals surface area contributed by atoms with Crippen LogP contribution >= 0.6 is 24.0 Å². The van der Waals surface area contributed by atoms with Crippen molar-refractivity contribution < 1.29 is 9.53 Å². The molecule has 0 unspecified atom stereocenters. The van der Waals surface area contributed by atoms with Crippen LogP contribution in [0.25, 0.3) is 16.8 Å². The van der Waals surface area contributed by atoms with Crippen LogP contribution in [0.15, 0.2) is 41.3 Å². The van der Waals surface area contributed by atoms with E-state index in [4.69, 9.17) is 17.0 Å². The second-order valence-corrected chi connectivity index (χ2v) is 6.32. The van der Waals surface area contributed by atoms with Crippen molar-refractivity contribution in [2.45, 2.75) is 0 Å². The Bertz CT molecular complexity index is 783. The minimum atomic E-state index is -0.0695. The van der Waals surface area contributed by atoms with Crippen LogP contribution in [-0.4, -0.2) is 29.3 Å². The molecular weight excluding hydrogens is 302 g/mol. The maximum Gasteiger partial charge on any atom is 0.265 e. The largest absolute Gasteiger partial charge is 0.496 e. The monoisotopic (exact) mass is 315 g/mol. The second-order valence-electron chi connectivity index (χ2n) is 4.64. The van der Waals surface area contributed by atoms with Crippen molar-refractivity contribution in [2.24, 2.45) is 0 Å². The summed E-state index contributed by atoms with van der Waals surface area (Å²) in [7, 11) is 3.32. The standard InChI is InChI=1S/C16H13NO2S2/c1-17-15(18)14(21-16(17)20)9-12-11-6-4-3-5-10(11)7-8-13(12)19-2/h3-9H,1-2H3/b14-9+. The van der Waals surface area contributed by atoms with E-state index in [0.717, 1.165) is 22.1 Å². The average Bonchev–Trinajstić information content (AvgIpc) is 2.75. The quantitative estimate of drug-likeness (QED) is 0.624. The molecule has 1 fully saturated rings. The summed E-state index contributed by atoms with van der Waals surface area (Å²) >= 11 is 6.48. The first kappa shape index (κ1) is 14.1. The lowest BCUT2D eigenvalue weighted by molar-refractivity contribution is -0.121. The molecule has 3 rings (SSSR count). The molecular formula is C16H13NO2S2. The van der Waals surface area contributed by atoms with E-state index in [1.807, 2.05) is 42.5 Å². The summed E-state index contributed by atoms with van der Waals surface area (Å²) in [6.07, 6.45) is 1.87. The third-order valence-electron chi connectivity index (χ3n) is 3.41. The number of benzene rings is 2. The summed E-state index contributed by atoms with van der Waals surface area (Å²) in [4.78, 5) is 14.3. The number of likely N-dealkylation sites (N-methyl/N-ethyl adjacent to an activating group) is 1. The minimum Gasteiger partial charge on any atom is -0.496 e. The van der Waals surface area contributed by atoms with Crippen molar-refractivity contribution in [1.82, 2.24) is 4.90 Å². The van der Waals surface area contributed by atoms with E-state index in [1.54, 1.807) is 14.2 Å². The molecule has 21 heavy (non-hydrogen) atoms. The van der Waals surface area contributed by atoms with Gasteiger partial charge in [0, 0.05) is 12.6 Å². The Morgan fingerprint density at radius 3 is 2.67 bits per heavy atom. The Balaban J connectivity index is 2.20. The number of methoxy groups -OCH3 is 1. The van der Waals surface area contributed by atoms with E-state index < -0.39 is 0 Å². The van der Waals surface area contributed by atoms with Gasteiger partial charge in [-0.1, -0.05) is 54.3 Å². The summed E-state index contributed by atoms with van der Waals surface area (Å²) in [5.74, 6) is 0.676. The number of hydrogen-bond donors (Lipinski definition) is 0. The molecule has 0 spiro atoms. The topological polar surface area (TPSA) is 29.5 Å². The number of rotatable bonds is 2. The minimum absolute atomic E-state index is 0.0695. The van der Waals surface area contributed by atoms with E-state index in [2.05, 4.69) is 0 Å². The molecule has 3 nitrogen and oxygen atoms in total. The fraction of sp³-hybridized carbons (Fsp3) is 0.125. The van der Waals surface area contributed by atoms with Gasteiger partial charge in [0.15, 0.2) is 0 Å². The maximum absolute atomic E-state index is 12.2. The van der Waals surface area contributed by atoms with Gasteiger partial charge in [0.2, 0.25) is 0 Å². The van der Waals surface area contributed by atoms with Crippen molar-refractivity contribution in [3.63, 3.8) is 0 Å². The molecule has 0 bridgehead atoms. The van der Waals surface area contributed by atoms with Crippen LogP contribution in [0.3, 0.4) is 0 Å². The predicted octanol–water partition coefficient (Wildman–Crippen LogP) is 3.68. The Kier molecular flexibility index (Phi) is 3.69. The molecule has 0 aliphatic carbocycles. The highest BCUT2D eigenvalue weighted by Gasteiger charge is 2.29. The molecule has 0 saturated carbocycles. The van der Waals surface area contributed by atoms with Gasteiger partial charge in [-0.15, -0.1) is 0 Å². The van der Waals surface area contributed by atoms with E-state index in [-0.39, 0.29) is 5.91 Å². The van der Waals surface area contributed by atoms with Crippen molar-refractivity contribution in [1.29, 1.82) is 0 Å². The lowest BCUT2D eigenvalue weighted by Gasteiger charge is -2.09. The molecule has 2 aromatic rings. The van der Waals surface area contributed by atoms with Crippen LogP contribution in [0.2, 0.25) is 0 Å². The third kappa shape index (κ3) is 2.43. The van der Waals surface area contributed by atoms with Crippen LogP contribution in [-0.2, 0) is 4.79 Å². The normalized spacial score (nSPS) is 17.0. The van der Waals surface area contributed by atoms with E-state index in [0.29, 0.717) is 9.23 Å². The van der Waals surface area contributed by atoms with Gasteiger partial charge in [-0.25, -0.2) is 0 Å². The van der Waals surface area contributed by atoms with Gasteiger partial charge in [-0.3, -0.25) is 9.69 Å². The number of amides is 1. The van der Waals surface area contributed by atoms with Crippen LogP contribution in [0.4, 0.5) is 0 Å². The first-order valence-electron chi connectivity index (χ1n) is 6.39. The number of hydrogen-bond acceptors (Lipinski definition) is 4. The zero-order chi connectivity index (χ0) is 15.0. The molecule has 1 amide bonds. The zero-order valence-corrected chi connectivity index (χ0v) is 13.3. The van der Waals surface area contributed by atoms with Gasteiger partial charge in [0.1, 0.15) is 10.1 Å². The molecule has 1 aliphatic heterocycles. The third-order valence-corrected chi connectivity index (χ3v) is 4.90. The van der Waals surface area contributed by atoms with Crippen LogP contribution in [0, 0.1) is 0 Å². The van der Waals surface area contributed by atoms with Crippen LogP contribution in [0.1, 0.15) is 5.56 Å². The first-order chi connectivity index (χ1) is 10.1. The van der Waals surface area contributed by atoms with Crippen molar-refractivity contribution in [3.05, 3.63) is 46.9 Å². The number of thioether (sulfide) groups is 1. The number of carbonyl (C=O) groups excluding carboxylic acids is 1. The fourth-order valence-electron chi connectivity index (χ4n) is 2.28. The van der Waals surface area contributed by atoms with Gasteiger partial charge >= 0.3 is 0 Å². The zero-order valence-electron chi connectivity index (χ0n) is 11.6. The van der Waals surface area contributed by atoms with Gasteiger partial charge in [0.25, 0.3) is 5.91 Å². The highest BCUT2D eigenvalue weighted by Crippen LogP contribution is 2.36. The van der Waals surface area contributed by atoms with Crippen molar-refractivity contribution >= 4 is 51.1 Å². The Morgan fingerprint density at radius 2 is 2.00 bits per heavy atom. The molecule has 5 heteroatoms. The summed E-state index contributed by atoms with van der Waals surface area (Å²) in [5, 5.41) is 2.16. The van der Waals surface area contributed by atoms with Crippen molar-refractivity contribution in [2.75, 3.05) is 14.2 Å². The molecule has 0 radical (unpaired) electrons. The lowest BCUT2D eigenvalue weighted by atomic mass is 10.0. The molecule has 0 aromatic heterocycles. The molecule has 106 valence electrons. The average molecular weight is 315 g/mol. The van der Waals surface area contributed by atoms with Gasteiger partial charge in [-0.05, 0) is 22.9 Å². The molecule has 0 atom stereocenters. The fourth-order valence-corrected chi connectivity index (χ4v) is 3.44. The SMILES string of the molecule is COc1ccc2ccccc2c1/C=C1/SC(=S)N(C)C1=O. The number of ether oxygens (including phenoxy) is 1. The Labute approximate surface area is 132 Å². The predicted molar refractivity (Wildman–Crippen MR) is 91.4 cm³/mol. The van der Waals surface area contributed by atoms with Gasteiger partial charge in [-0.2, -0.15) is 0 Å². The Morgan fingerprint density at radius 1 is 1.24 bits per heavy atom. The van der Waals surface area contributed by atoms with Crippen LogP contribution in [0.5, 0.6) is 5.75 Å². The Hall–Kier alpha value is -1.85. The van der Waals surface area contributed by atoms with Crippen LogP contribution < -0.4 is 4.74 Å². The molecule has 2 aromatic carbocycles. The summed E-state index contributed by atoms with van der Waals surface area (Å²) in [6.45, 7) is 0. The molecule has 0 N–H and O–H groups in total. The molecule has 1 aliphatic rings. The lowest BCUT2D eigenvalue weighted by Crippen LogP contribution is -2.22. The van der Waals surface area contributed by atoms with Gasteiger partial charge in [0.05, 0.1) is 12.0 Å². The highest BCUT2D eigenvalue weighted by atomic mass is 32.2. The number of nitrogens with zero attached hydrogens (tertiary/aromatic N) is 1. The number of fused-ring (bicyclic) bond motifs is 1. The van der Waals surface area contributed by atoms with E-state index in [9.17, 15) is 4.79 Å². The smallest absolute Gasteiger partial charge is 0.265 e. The van der Waals surface area contributed by atoms with E-state index in [1.165, 1.54) is 16.7 Å². The second kappa shape index (κ2) is 5.50.